The Morgan fingerprint density at radius 3 is 2.23 bits per heavy atom. The molecule has 1 amide bonds. The fourth-order valence-electron chi connectivity index (χ4n) is 3.08. The third kappa shape index (κ3) is 5.18. The van der Waals surface area contributed by atoms with E-state index in [1.54, 1.807) is 0 Å². The molecule has 0 fully saturated rings. The van der Waals surface area contributed by atoms with Crippen LogP contribution in [0.3, 0.4) is 0 Å². The smallest absolute Gasteiger partial charge is 0.341 e. The van der Waals surface area contributed by atoms with E-state index in [-0.39, 0.29) is 17.7 Å². The van der Waals surface area contributed by atoms with Crippen LogP contribution in [0.1, 0.15) is 42.3 Å². The molecule has 30 heavy (non-hydrogen) atoms. The summed E-state index contributed by atoms with van der Waals surface area (Å²) in [7, 11) is 1.35. The minimum atomic E-state index is -0.468. The van der Waals surface area contributed by atoms with E-state index in [4.69, 9.17) is 4.74 Å². The van der Waals surface area contributed by atoms with Gasteiger partial charge >= 0.3 is 5.97 Å². The minimum Gasteiger partial charge on any atom is -0.465 e. The van der Waals surface area contributed by atoms with Crippen molar-refractivity contribution in [1.82, 2.24) is 0 Å². The van der Waals surface area contributed by atoms with Crippen LogP contribution in [0, 0.1) is 0 Å². The molecule has 1 heterocycles. The number of thiophene rings is 1. The van der Waals surface area contributed by atoms with Crippen molar-refractivity contribution in [3.05, 3.63) is 75.1 Å². The number of ether oxygens (including phenoxy) is 1. The lowest BCUT2D eigenvalue weighted by atomic mass is 9.86. The second kappa shape index (κ2) is 9.14. The van der Waals surface area contributed by atoms with E-state index in [9.17, 15) is 9.59 Å². The number of anilines is 1. The largest absolute Gasteiger partial charge is 0.465 e. The van der Waals surface area contributed by atoms with Gasteiger partial charge < -0.3 is 10.1 Å². The molecule has 6 heteroatoms. The van der Waals surface area contributed by atoms with E-state index in [1.807, 2.05) is 41.8 Å². The highest BCUT2D eigenvalue weighted by Gasteiger charge is 2.23. The maximum absolute atomic E-state index is 12.6. The fraction of sp³-hybridized carbons (Fsp3) is 0.250. The maximum atomic E-state index is 12.6. The van der Waals surface area contributed by atoms with Gasteiger partial charge in [0.25, 0.3) is 0 Å². The van der Waals surface area contributed by atoms with Gasteiger partial charge in [0.05, 0.1) is 13.5 Å². The fourth-order valence-corrected chi connectivity index (χ4v) is 4.31. The van der Waals surface area contributed by atoms with Crippen LogP contribution in [0.4, 0.5) is 5.00 Å². The lowest BCUT2D eigenvalue weighted by molar-refractivity contribution is -0.115. The Kier molecular flexibility index (Phi) is 6.78. The number of carbonyl (C=O) groups is 2. The summed E-state index contributed by atoms with van der Waals surface area (Å²) in [5.41, 5.74) is 4.20. The molecule has 0 aliphatic rings. The zero-order valence-electron chi connectivity index (χ0n) is 17.4. The first-order valence-corrected chi connectivity index (χ1v) is 11.2. The first-order valence-electron chi connectivity index (χ1n) is 9.54. The predicted octanol–water partition coefficient (Wildman–Crippen LogP) is 6.44. The van der Waals surface area contributed by atoms with Crippen LogP contribution in [0.5, 0.6) is 0 Å². The molecule has 0 saturated carbocycles. The molecule has 3 aromatic rings. The maximum Gasteiger partial charge on any atom is 0.341 e. The topological polar surface area (TPSA) is 55.4 Å². The quantitative estimate of drug-likeness (QED) is 0.422. The van der Waals surface area contributed by atoms with Gasteiger partial charge in [0.15, 0.2) is 0 Å². The van der Waals surface area contributed by atoms with Crippen molar-refractivity contribution in [2.45, 2.75) is 32.6 Å². The van der Waals surface area contributed by atoms with Gasteiger partial charge in [0.2, 0.25) is 5.91 Å². The lowest BCUT2D eigenvalue weighted by Gasteiger charge is -2.19. The molecule has 0 atom stereocenters. The van der Waals surface area contributed by atoms with Crippen molar-refractivity contribution in [1.29, 1.82) is 0 Å². The summed E-state index contributed by atoms with van der Waals surface area (Å²) in [5.74, 6) is -0.649. The summed E-state index contributed by atoms with van der Waals surface area (Å²) in [5, 5.41) is 5.26. The minimum absolute atomic E-state index is 0.0461. The zero-order valence-corrected chi connectivity index (χ0v) is 19.8. The second-order valence-corrected chi connectivity index (χ2v) is 9.82. The van der Waals surface area contributed by atoms with Crippen molar-refractivity contribution >= 4 is 44.1 Å². The zero-order chi connectivity index (χ0) is 21.9. The van der Waals surface area contributed by atoms with Crippen LogP contribution in [0.2, 0.25) is 0 Å². The van der Waals surface area contributed by atoms with Gasteiger partial charge in [-0.3, -0.25) is 4.79 Å². The van der Waals surface area contributed by atoms with Gasteiger partial charge in [0.1, 0.15) is 10.6 Å². The summed E-state index contributed by atoms with van der Waals surface area (Å²) in [6, 6.07) is 15.7. The molecule has 0 aliphatic heterocycles. The predicted molar refractivity (Wildman–Crippen MR) is 126 cm³/mol. The lowest BCUT2D eigenvalue weighted by Crippen LogP contribution is -2.16. The van der Waals surface area contributed by atoms with Crippen molar-refractivity contribution < 1.29 is 14.3 Å². The van der Waals surface area contributed by atoms with Crippen molar-refractivity contribution in [3.63, 3.8) is 0 Å². The third-order valence-electron chi connectivity index (χ3n) is 4.77. The number of halogens is 1. The molecule has 1 N–H and O–H groups in total. The van der Waals surface area contributed by atoms with Gasteiger partial charge in [-0.15, -0.1) is 11.3 Å². The number of benzene rings is 2. The van der Waals surface area contributed by atoms with E-state index in [0.717, 1.165) is 21.2 Å². The number of hydrogen-bond acceptors (Lipinski definition) is 4. The molecule has 4 nitrogen and oxygen atoms in total. The van der Waals surface area contributed by atoms with Crippen LogP contribution in [-0.2, 0) is 21.4 Å². The Morgan fingerprint density at radius 1 is 1.03 bits per heavy atom. The molecule has 0 radical (unpaired) electrons. The van der Waals surface area contributed by atoms with Crippen molar-refractivity contribution in [2.24, 2.45) is 0 Å². The Hall–Kier alpha value is -2.44. The van der Waals surface area contributed by atoms with E-state index in [1.165, 1.54) is 24.0 Å². The molecule has 2 aromatic carbocycles. The molecule has 0 aliphatic carbocycles. The number of nitrogens with one attached hydrogen (secondary N) is 1. The Bertz CT molecular complexity index is 1050. The molecule has 3 rings (SSSR count). The molecular weight excluding hydrogens is 462 g/mol. The first-order chi connectivity index (χ1) is 14.2. The average molecular weight is 486 g/mol. The molecule has 0 spiro atoms. The van der Waals surface area contributed by atoms with Gasteiger partial charge in [-0.05, 0) is 34.2 Å². The Morgan fingerprint density at radius 2 is 1.67 bits per heavy atom. The number of esters is 1. The van der Waals surface area contributed by atoms with Gasteiger partial charge in [-0.1, -0.05) is 73.1 Å². The molecular formula is C24H24BrNO3S. The number of methoxy groups -OCH3 is 1. The molecule has 0 saturated heterocycles. The second-order valence-electron chi connectivity index (χ2n) is 8.02. The van der Waals surface area contributed by atoms with Crippen LogP contribution in [0.15, 0.2) is 58.4 Å². The summed E-state index contributed by atoms with van der Waals surface area (Å²) < 4.78 is 5.96. The van der Waals surface area contributed by atoms with Gasteiger partial charge in [0, 0.05) is 15.4 Å². The summed E-state index contributed by atoms with van der Waals surface area (Å²) in [4.78, 5) is 25.1. The van der Waals surface area contributed by atoms with Crippen molar-refractivity contribution in [3.8, 4) is 11.1 Å². The SMILES string of the molecule is COC(=O)c1c(-c2ccc(C(C)(C)C)cc2)csc1NC(=O)Cc1ccc(Br)cc1. The third-order valence-corrected chi connectivity index (χ3v) is 6.20. The van der Waals surface area contributed by atoms with E-state index in [2.05, 4.69) is 54.2 Å². The molecule has 156 valence electrons. The monoisotopic (exact) mass is 485 g/mol. The van der Waals surface area contributed by atoms with Gasteiger partial charge in [-0.25, -0.2) is 4.79 Å². The highest BCUT2D eigenvalue weighted by atomic mass is 79.9. The number of rotatable bonds is 5. The number of amides is 1. The summed E-state index contributed by atoms with van der Waals surface area (Å²) in [6.07, 6.45) is 0.224. The van der Waals surface area contributed by atoms with Gasteiger partial charge in [-0.2, -0.15) is 0 Å². The van der Waals surface area contributed by atoms with Crippen LogP contribution >= 0.6 is 27.3 Å². The normalized spacial score (nSPS) is 11.2. The van der Waals surface area contributed by atoms with E-state index < -0.39 is 5.97 Å². The molecule has 0 bridgehead atoms. The molecule has 1 aromatic heterocycles. The highest BCUT2D eigenvalue weighted by Crippen LogP contribution is 2.37. The average Bonchev–Trinajstić information content (AvgIpc) is 3.12. The number of hydrogen-bond donors (Lipinski definition) is 1. The van der Waals surface area contributed by atoms with Crippen LogP contribution in [0.25, 0.3) is 11.1 Å². The first kappa shape index (κ1) is 22.2. The van der Waals surface area contributed by atoms with Crippen molar-refractivity contribution in [2.75, 3.05) is 12.4 Å². The summed E-state index contributed by atoms with van der Waals surface area (Å²) >= 11 is 4.71. The van der Waals surface area contributed by atoms with E-state index >= 15 is 0 Å². The molecule has 0 unspecified atom stereocenters. The highest BCUT2D eigenvalue weighted by molar-refractivity contribution is 9.10. The van der Waals surface area contributed by atoms with Crippen LogP contribution < -0.4 is 5.32 Å². The standard InChI is InChI=1S/C24H24BrNO3S/c1-24(2,3)17-9-7-16(8-10-17)19-14-30-22(21(19)23(28)29-4)26-20(27)13-15-5-11-18(25)12-6-15/h5-12,14H,13H2,1-4H3,(H,26,27). The Balaban J connectivity index is 1.87. The summed E-state index contributed by atoms with van der Waals surface area (Å²) in [6.45, 7) is 6.47. The number of carbonyl (C=O) groups excluding carboxylic acids is 2. The van der Waals surface area contributed by atoms with E-state index in [0.29, 0.717) is 10.6 Å². The van der Waals surface area contributed by atoms with Crippen LogP contribution in [-0.4, -0.2) is 19.0 Å². The Labute approximate surface area is 189 Å².